The van der Waals surface area contributed by atoms with Gasteiger partial charge in [-0.3, -0.25) is 4.79 Å². The summed E-state index contributed by atoms with van der Waals surface area (Å²) in [6.07, 6.45) is 14.5. The molecule has 0 unspecified atom stereocenters. The number of carbonyl (C=O) groups is 2. The number of ketones is 1. The summed E-state index contributed by atoms with van der Waals surface area (Å²) in [4.78, 5) is 22.6. The van der Waals surface area contributed by atoms with E-state index in [9.17, 15) is 14.7 Å². The molecule has 148 valence electrons. The normalized spacial score (nSPS) is 22.5. The highest BCUT2D eigenvalue weighted by atomic mass is 16.4. The van der Waals surface area contributed by atoms with Crippen LogP contribution in [-0.4, -0.2) is 28.1 Å². The molecule has 26 heavy (non-hydrogen) atoms. The average Bonchev–Trinajstić information content (AvgIpc) is 2.93. The van der Waals surface area contributed by atoms with Gasteiger partial charge in [0.15, 0.2) is 0 Å². The number of carboxylic acid groups (broad SMARTS) is 1. The lowest BCUT2D eigenvalue weighted by Crippen LogP contribution is -2.27. The Hall–Kier alpha value is -1.42. The van der Waals surface area contributed by atoms with Crippen LogP contribution in [0.5, 0.6) is 0 Å². The predicted octanol–water partition coefficient (Wildman–Crippen LogP) is 4.92. The average molecular weight is 365 g/mol. The molecule has 0 saturated heterocycles. The maximum atomic E-state index is 12.2. The first-order valence-electron chi connectivity index (χ1n) is 10.1. The van der Waals surface area contributed by atoms with Gasteiger partial charge in [0.25, 0.3) is 0 Å². The summed E-state index contributed by atoms with van der Waals surface area (Å²) in [5.74, 6) is -0.295. The molecule has 0 spiro atoms. The van der Waals surface area contributed by atoms with Gasteiger partial charge in [-0.05, 0) is 43.4 Å². The summed E-state index contributed by atoms with van der Waals surface area (Å²) in [6.45, 7) is 6.35. The number of rotatable bonds is 12. The van der Waals surface area contributed by atoms with E-state index in [-0.39, 0.29) is 17.3 Å². The van der Waals surface area contributed by atoms with E-state index in [1.165, 1.54) is 6.08 Å². The van der Waals surface area contributed by atoms with E-state index >= 15 is 0 Å². The summed E-state index contributed by atoms with van der Waals surface area (Å²) < 4.78 is 0. The second-order valence-corrected chi connectivity index (χ2v) is 8.22. The molecule has 0 bridgehead atoms. The third kappa shape index (κ3) is 7.86. The molecule has 0 aromatic carbocycles. The Kier molecular flexibility index (Phi) is 9.85. The fourth-order valence-electron chi connectivity index (χ4n) is 3.64. The zero-order valence-electron chi connectivity index (χ0n) is 16.6. The summed E-state index contributed by atoms with van der Waals surface area (Å²) in [7, 11) is 0. The lowest BCUT2D eigenvalue weighted by molar-refractivity contribution is -0.131. The minimum Gasteiger partial charge on any atom is -0.478 e. The number of carboxylic acids is 1. The summed E-state index contributed by atoms with van der Waals surface area (Å²) >= 11 is 0. The molecular formula is C22H36O4. The van der Waals surface area contributed by atoms with Crippen molar-refractivity contribution in [2.24, 2.45) is 17.3 Å². The Labute approximate surface area is 158 Å². The van der Waals surface area contributed by atoms with Crippen LogP contribution >= 0.6 is 0 Å². The smallest absolute Gasteiger partial charge is 0.327 e. The van der Waals surface area contributed by atoms with Crippen LogP contribution in [0.2, 0.25) is 0 Å². The maximum absolute atomic E-state index is 12.2. The fourth-order valence-corrected chi connectivity index (χ4v) is 3.64. The quantitative estimate of drug-likeness (QED) is 0.293. The number of carbonyl (C=O) groups excluding carboxylic acids is 1. The number of unbranched alkanes of at least 4 members (excludes halogenated alkanes) is 3. The van der Waals surface area contributed by atoms with E-state index in [1.807, 2.05) is 6.08 Å². The SMILES string of the molecule is CCCCC(C)(C)[C@H](O)C=C[C@H]1CCC(=O)[C@@H]1CCCCC=CC(=O)O. The number of aliphatic hydroxyl groups is 1. The van der Waals surface area contributed by atoms with Gasteiger partial charge < -0.3 is 10.2 Å². The fraction of sp³-hybridized carbons (Fsp3) is 0.727. The first-order chi connectivity index (χ1) is 12.3. The number of allylic oxidation sites excluding steroid dienone is 2. The van der Waals surface area contributed by atoms with Crippen molar-refractivity contribution in [3.8, 4) is 0 Å². The van der Waals surface area contributed by atoms with Crippen LogP contribution in [0.25, 0.3) is 0 Å². The van der Waals surface area contributed by atoms with Crippen LogP contribution in [0.4, 0.5) is 0 Å². The standard InChI is InChI=1S/C22H36O4/c1-4-5-16-22(2,3)20(24)15-13-17-12-14-19(23)18(17)10-8-6-7-9-11-21(25)26/h9,11,13,15,17-18,20,24H,4-8,10,12,14,16H2,1-3H3,(H,25,26)/t17-,18-,20-/m1/s1. The van der Waals surface area contributed by atoms with Crippen molar-refractivity contribution in [2.45, 2.75) is 84.7 Å². The highest BCUT2D eigenvalue weighted by Gasteiger charge is 2.33. The molecule has 4 heteroatoms. The molecule has 0 radical (unpaired) electrons. The summed E-state index contributed by atoms with van der Waals surface area (Å²) in [5, 5.41) is 19.1. The molecule has 0 amide bonds. The minimum absolute atomic E-state index is 0.0562. The highest BCUT2D eigenvalue weighted by Crippen LogP contribution is 2.35. The van der Waals surface area contributed by atoms with E-state index in [2.05, 4.69) is 26.8 Å². The predicted molar refractivity (Wildman–Crippen MR) is 105 cm³/mol. The number of aliphatic hydroxyl groups excluding tert-OH is 1. The van der Waals surface area contributed by atoms with Gasteiger partial charge in [-0.1, -0.05) is 58.3 Å². The molecular weight excluding hydrogens is 328 g/mol. The van der Waals surface area contributed by atoms with E-state index in [4.69, 9.17) is 5.11 Å². The van der Waals surface area contributed by atoms with Crippen LogP contribution in [-0.2, 0) is 9.59 Å². The van der Waals surface area contributed by atoms with Gasteiger partial charge in [0.1, 0.15) is 5.78 Å². The van der Waals surface area contributed by atoms with E-state index in [0.717, 1.165) is 51.4 Å². The molecule has 2 N–H and O–H groups in total. The number of hydrogen-bond acceptors (Lipinski definition) is 3. The maximum Gasteiger partial charge on any atom is 0.327 e. The topological polar surface area (TPSA) is 74.6 Å². The number of aliphatic carboxylic acids is 1. The van der Waals surface area contributed by atoms with Crippen LogP contribution in [0, 0.1) is 17.3 Å². The monoisotopic (exact) mass is 364 g/mol. The van der Waals surface area contributed by atoms with Crippen LogP contribution in [0.15, 0.2) is 24.3 Å². The molecule has 1 aliphatic carbocycles. The Morgan fingerprint density at radius 3 is 2.69 bits per heavy atom. The van der Waals surface area contributed by atoms with Crippen molar-refractivity contribution < 1.29 is 19.8 Å². The summed E-state index contributed by atoms with van der Waals surface area (Å²) in [5.41, 5.74) is -0.138. The first-order valence-corrected chi connectivity index (χ1v) is 10.1. The highest BCUT2D eigenvalue weighted by molar-refractivity contribution is 5.83. The molecule has 3 atom stereocenters. The lowest BCUT2D eigenvalue weighted by atomic mass is 9.80. The zero-order valence-corrected chi connectivity index (χ0v) is 16.6. The third-order valence-corrected chi connectivity index (χ3v) is 5.57. The lowest BCUT2D eigenvalue weighted by Gasteiger charge is -2.29. The Morgan fingerprint density at radius 1 is 1.31 bits per heavy atom. The van der Waals surface area contributed by atoms with Gasteiger partial charge in [0.05, 0.1) is 6.10 Å². The van der Waals surface area contributed by atoms with E-state index in [0.29, 0.717) is 12.2 Å². The van der Waals surface area contributed by atoms with Crippen molar-refractivity contribution >= 4 is 11.8 Å². The molecule has 0 aromatic heterocycles. The van der Waals surface area contributed by atoms with Gasteiger partial charge in [0, 0.05) is 18.4 Å². The van der Waals surface area contributed by atoms with E-state index < -0.39 is 12.1 Å². The molecule has 4 nitrogen and oxygen atoms in total. The molecule has 0 aromatic rings. The van der Waals surface area contributed by atoms with Crippen molar-refractivity contribution in [1.82, 2.24) is 0 Å². The van der Waals surface area contributed by atoms with Crippen LogP contribution in [0.3, 0.4) is 0 Å². The van der Waals surface area contributed by atoms with E-state index in [1.54, 1.807) is 6.08 Å². The molecule has 0 aliphatic heterocycles. The van der Waals surface area contributed by atoms with Crippen LogP contribution < -0.4 is 0 Å². The Morgan fingerprint density at radius 2 is 2.04 bits per heavy atom. The molecule has 1 rings (SSSR count). The second kappa shape index (κ2) is 11.3. The molecule has 0 heterocycles. The van der Waals surface area contributed by atoms with Gasteiger partial charge in [-0.2, -0.15) is 0 Å². The number of hydrogen-bond donors (Lipinski definition) is 2. The van der Waals surface area contributed by atoms with Gasteiger partial charge >= 0.3 is 5.97 Å². The zero-order chi connectivity index (χ0) is 19.6. The second-order valence-electron chi connectivity index (χ2n) is 8.22. The van der Waals surface area contributed by atoms with Crippen molar-refractivity contribution in [3.63, 3.8) is 0 Å². The Bertz CT molecular complexity index is 504. The third-order valence-electron chi connectivity index (χ3n) is 5.57. The Balaban J connectivity index is 2.49. The van der Waals surface area contributed by atoms with Crippen molar-refractivity contribution in [3.05, 3.63) is 24.3 Å². The van der Waals surface area contributed by atoms with Gasteiger partial charge in [-0.15, -0.1) is 0 Å². The first kappa shape index (κ1) is 22.6. The number of Topliss-reactive ketones (excluding diaryl/α,β-unsaturated/α-hetero) is 1. The van der Waals surface area contributed by atoms with Crippen molar-refractivity contribution in [1.29, 1.82) is 0 Å². The van der Waals surface area contributed by atoms with Crippen molar-refractivity contribution in [2.75, 3.05) is 0 Å². The molecule has 1 saturated carbocycles. The van der Waals surface area contributed by atoms with Crippen LogP contribution in [0.1, 0.15) is 78.6 Å². The summed E-state index contributed by atoms with van der Waals surface area (Å²) in [6, 6.07) is 0. The van der Waals surface area contributed by atoms with Gasteiger partial charge in [-0.25, -0.2) is 4.79 Å². The van der Waals surface area contributed by atoms with Gasteiger partial charge in [0.2, 0.25) is 0 Å². The minimum atomic E-state index is -0.915. The largest absolute Gasteiger partial charge is 0.478 e. The molecule has 1 aliphatic rings. The molecule has 1 fully saturated rings.